The largest absolute Gasteiger partial charge is 0.481 e. The fourth-order valence-corrected chi connectivity index (χ4v) is 5.29. The van der Waals surface area contributed by atoms with E-state index in [0.717, 1.165) is 18.7 Å². The lowest BCUT2D eigenvalue weighted by molar-refractivity contribution is -0.146. The highest BCUT2D eigenvalue weighted by Crippen LogP contribution is 2.59. The molecule has 180 valence electrons. The van der Waals surface area contributed by atoms with Crippen LogP contribution in [0.4, 0.5) is 14.6 Å². The summed E-state index contributed by atoms with van der Waals surface area (Å²) < 4.78 is 28.2. The maximum atomic E-state index is 14.6. The number of nitrogens with two attached hydrogens (primary N) is 2. The normalized spacial score (nSPS) is 28.9. The molecule has 0 radical (unpaired) electrons. The smallest absolute Gasteiger partial charge is 0.308 e. The minimum atomic E-state index is -0.951. The number of aliphatic carboxylic acids is 1. The molecule has 34 heavy (non-hydrogen) atoms. The van der Waals surface area contributed by atoms with Crippen LogP contribution in [0.5, 0.6) is 0 Å². The average Bonchev–Trinajstić information content (AvgIpc) is 3.49. The highest BCUT2D eigenvalue weighted by Gasteiger charge is 2.58. The van der Waals surface area contributed by atoms with Gasteiger partial charge in [0.15, 0.2) is 17.5 Å². The number of hydrogen-bond acceptors (Lipinski definition) is 5. The van der Waals surface area contributed by atoms with Crippen LogP contribution in [-0.2, 0) is 4.79 Å². The first-order valence-electron chi connectivity index (χ1n) is 11.1. The van der Waals surface area contributed by atoms with Gasteiger partial charge in [-0.1, -0.05) is 20.3 Å². The molecule has 2 aliphatic rings. The lowest BCUT2D eigenvalue weighted by Gasteiger charge is -2.37. The molecule has 0 unspecified atom stereocenters. The van der Waals surface area contributed by atoms with Gasteiger partial charge < -0.3 is 21.6 Å². The number of nitrogens with zero attached hydrogens (tertiary/aromatic N) is 3. The van der Waals surface area contributed by atoms with Crippen LogP contribution >= 0.6 is 0 Å². The highest BCUT2D eigenvalue weighted by atomic mass is 19.1. The molecule has 2 fully saturated rings. The van der Waals surface area contributed by atoms with Crippen LogP contribution in [0, 0.1) is 46.6 Å². The van der Waals surface area contributed by atoms with Crippen LogP contribution in [0.25, 0.3) is 0 Å². The summed E-state index contributed by atoms with van der Waals surface area (Å²) in [4.78, 5) is 27.5. The number of pyridine rings is 1. The second kappa shape index (κ2) is 8.96. The van der Waals surface area contributed by atoms with Crippen molar-refractivity contribution in [3.05, 3.63) is 47.4 Å². The summed E-state index contributed by atoms with van der Waals surface area (Å²) in [6.07, 6.45) is 3.91. The first kappa shape index (κ1) is 23.5. The van der Waals surface area contributed by atoms with Crippen molar-refractivity contribution in [1.29, 1.82) is 5.41 Å². The number of aromatic nitrogens is 2. The fraction of sp³-hybridized carbons (Fsp3) is 0.435. The molecule has 6 atom stereocenters. The van der Waals surface area contributed by atoms with Gasteiger partial charge in [0.05, 0.1) is 18.2 Å². The Bertz CT molecular complexity index is 1190. The first-order chi connectivity index (χ1) is 16.1. The number of rotatable bonds is 6. The SMILES string of the molecule is CC[C@H]1[C@@H]2C[C@@H]2[C@@H](C)[C@H](N=C(N=C(N)C(=N)c2cc(F)cnc2N)c2[nH]ccc2F)[C@H]1C(=O)O. The predicted molar refractivity (Wildman–Crippen MR) is 124 cm³/mol. The lowest BCUT2D eigenvalue weighted by atomic mass is 9.70. The summed E-state index contributed by atoms with van der Waals surface area (Å²) in [5.74, 6) is -3.14. The van der Waals surface area contributed by atoms with Gasteiger partial charge in [-0.05, 0) is 42.2 Å². The Balaban J connectivity index is 1.79. The number of aromatic amines is 1. The van der Waals surface area contributed by atoms with Gasteiger partial charge in [0.1, 0.15) is 23.0 Å². The second-order valence-corrected chi connectivity index (χ2v) is 8.96. The van der Waals surface area contributed by atoms with Crippen molar-refractivity contribution in [3.8, 4) is 0 Å². The third kappa shape index (κ3) is 4.17. The van der Waals surface area contributed by atoms with E-state index in [1.165, 1.54) is 12.3 Å². The van der Waals surface area contributed by atoms with Crippen molar-refractivity contribution in [2.24, 2.45) is 45.3 Å². The predicted octanol–water partition coefficient (Wildman–Crippen LogP) is 2.82. The van der Waals surface area contributed by atoms with Crippen molar-refractivity contribution in [1.82, 2.24) is 9.97 Å². The molecule has 11 heteroatoms. The summed E-state index contributed by atoms with van der Waals surface area (Å²) in [6, 6.07) is 1.53. The summed E-state index contributed by atoms with van der Waals surface area (Å²) in [5.41, 5.74) is 11.2. The van der Waals surface area contributed by atoms with Gasteiger partial charge in [-0.2, -0.15) is 0 Å². The Labute approximate surface area is 194 Å². The lowest BCUT2D eigenvalue weighted by Crippen LogP contribution is -2.43. The number of carboxylic acids is 1. The van der Waals surface area contributed by atoms with Crippen LogP contribution in [0.15, 0.2) is 34.5 Å². The van der Waals surface area contributed by atoms with Crippen molar-refractivity contribution < 1.29 is 18.7 Å². The molecule has 0 spiro atoms. The zero-order valence-corrected chi connectivity index (χ0v) is 18.8. The number of nitrogens with one attached hydrogen (secondary N) is 2. The number of anilines is 1. The molecule has 2 aromatic heterocycles. The number of hydrogen-bond donors (Lipinski definition) is 5. The molecule has 4 rings (SSSR count). The molecule has 0 aliphatic heterocycles. The van der Waals surface area contributed by atoms with Crippen LogP contribution in [0.3, 0.4) is 0 Å². The van der Waals surface area contributed by atoms with E-state index in [0.29, 0.717) is 18.3 Å². The Morgan fingerprint density at radius 3 is 2.74 bits per heavy atom. The molecule has 9 nitrogen and oxygen atoms in total. The van der Waals surface area contributed by atoms with Crippen molar-refractivity contribution >= 4 is 29.2 Å². The summed E-state index contributed by atoms with van der Waals surface area (Å²) in [7, 11) is 0. The average molecular weight is 472 g/mol. The van der Waals surface area contributed by atoms with Gasteiger partial charge in [0.2, 0.25) is 0 Å². The molecule has 7 N–H and O–H groups in total. The molecule has 0 saturated heterocycles. The number of fused-ring (bicyclic) bond motifs is 1. The number of carbonyl (C=O) groups is 1. The van der Waals surface area contributed by atoms with Crippen molar-refractivity contribution in [2.75, 3.05) is 5.73 Å². The molecule has 2 heterocycles. The third-order valence-electron chi connectivity index (χ3n) is 7.07. The highest BCUT2D eigenvalue weighted by molar-refractivity contribution is 6.48. The van der Waals surface area contributed by atoms with Gasteiger partial charge in [0.25, 0.3) is 0 Å². The van der Waals surface area contributed by atoms with Crippen LogP contribution in [-0.4, -0.2) is 44.5 Å². The van der Waals surface area contributed by atoms with Crippen LogP contribution in [0.1, 0.15) is 37.9 Å². The first-order valence-corrected chi connectivity index (χ1v) is 11.1. The number of amidine groups is 2. The van der Waals surface area contributed by atoms with E-state index in [-0.39, 0.29) is 34.7 Å². The van der Waals surface area contributed by atoms with Gasteiger partial charge in [0, 0.05) is 11.8 Å². The fourth-order valence-electron chi connectivity index (χ4n) is 5.29. The maximum absolute atomic E-state index is 14.6. The van der Waals surface area contributed by atoms with Gasteiger partial charge in [-0.3, -0.25) is 15.2 Å². The number of H-pyrrole nitrogens is 1. The number of halogens is 2. The Morgan fingerprint density at radius 1 is 1.38 bits per heavy atom. The zero-order chi connectivity index (χ0) is 24.7. The Morgan fingerprint density at radius 2 is 2.12 bits per heavy atom. The number of nitrogen functional groups attached to an aromatic ring is 1. The quantitative estimate of drug-likeness (QED) is 0.322. The monoisotopic (exact) mass is 471 g/mol. The van der Waals surface area contributed by atoms with Crippen LogP contribution < -0.4 is 11.5 Å². The van der Waals surface area contributed by atoms with E-state index in [1.807, 2.05) is 13.8 Å². The number of aliphatic imine (C=N–C) groups is 2. The summed E-state index contributed by atoms with van der Waals surface area (Å²) in [5, 5.41) is 18.4. The minimum Gasteiger partial charge on any atom is -0.481 e. The molecule has 2 saturated carbocycles. The maximum Gasteiger partial charge on any atom is 0.308 e. The molecular weight excluding hydrogens is 444 g/mol. The standard InChI is InChI=1S/C23H27F2N7O2/c1-3-11-13-7-12(13)9(2)18(16(11)23(33)34)31-22(19-15(25)4-5-29-19)32-21(28)17(26)14-6-10(24)8-30-20(14)27/h4-6,8-9,11-13,16,18,26,29H,3,7H2,1-2H3,(H2,27,30)(H,33,34)(H2,28,31,32)/t9-,11+,12-,13+,16+,18+/m1/s1. The van der Waals surface area contributed by atoms with Crippen molar-refractivity contribution in [3.63, 3.8) is 0 Å². The molecule has 2 aliphatic carbocycles. The van der Waals surface area contributed by atoms with E-state index < -0.39 is 41.1 Å². The minimum absolute atomic E-state index is 0.0417. The molecular formula is C23H27F2N7O2. The summed E-state index contributed by atoms with van der Waals surface area (Å²) in [6.45, 7) is 3.92. The van der Waals surface area contributed by atoms with E-state index >= 15 is 0 Å². The van der Waals surface area contributed by atoms with E-state index in [2.05, 4.69) is 20.0 Å². The van der Waals surface area contributed by atoms with Gasteiger partial charge >= 0.3 is 5.97 Å². The van der Waals surface area contributed by atoms with Gasteiger partial charge in [-0.15, -0.1) is 0 Å². The third-order valence-corrected chi connectivity index (χ3v) is 7.07. The molecule has 0 amide bonds. The molecule has 0 aromatic carbocycles. The topological polar surface area (TPSA) is 167 Å². The van der Waals surface area contributed by atoms with E-state index in [1.54, 1.807) is 0 Å². The summed E-state index contributed by atoms with van der Waals surface area (Å²) >= 11 is 0. The van der Waals surface area contributed by atoms with Crippen LogP contribution in [0.2, 0.25) is 0 Å². The Kier molecular flexibility index (Phi) is 6.20. The van der Waals surface area contributed by atoms with Crippen molar-refractivity contribution in [2.45, 2.75) is 32.7 Å². The zero-order valence-electron chi connectivity index (χ0n) is 18.8. The Hall–Kier alpha value is -3.63. The van der Waals surface area contributed by atoms with E-state index in [4.69, 9.17) is 16.9 Å². The number of carboxylic acid groups (broad SMARTS) is 1. The second-order valence-electron chi connectivity index (χ2n) is 8.96. The van der Waals surface area contributed by atoms with Gasteiger partial charge in [-0.25, -0.2) is 18.8 Å². The van der Waals surface area contributed by atoms with E-state index in [9.17, 15) is 18.7 Å². The molecule has 2 aromatic rings. The molecule has 0 bridgehead atoms.